The van der Waals surface area contributed by atoms with Gasteiger partial charge in [0, 0.05) is 0 Å². The van der Waals surface area contributed by atoms with Gasteiger partial charge in [0.15, 0.2) is 0 Å². The van der Waals surface area contributed by atoms with Gasteiger partial charge in [0.25, 0.3) is 0 Å². The smallest absolute Gasteiger partial charge is 0.753 e. The van der Waals surface area contributed by atoms with Gasteiger partial charge in [-0.15, -0.1) is 0 Å². The number of thiocarbonyl (C=S) groups is 12. The van der Waals surface area contributed by atoms with Crippen LogP contribution < -0.4 is 0 Å². The molecule has 0 rings (SSSR count). The minimum Gasteiger partial charge on any atom is -0.753 e. The van der Waals surface area contributed by atoms with E-state index in [-0.39, 0.29) is 50.3 Å². The van der Waals surface area contributed by atoms with Crippen molar-refractivity contribution in [3.05, 3.63) is 64.9 Å². The summed E-state index contributed by atoms with van der Waals surface area (Å²) in [7, 11) is 51.0. The Balaban J connectivity index is -0.0000000187. The molecule has 405 valence electrons. The minimum atomic E-state index is 0. The first-order valence-corrected chi connectivity index (χ1v) is 20.8. The van der Waals surface area contributed by atoms with Crippen LogP contribution >= 0.6 is 147 Å². The Hall–Kier alpha value is -1.12. The van der Waals surface area contributed by atoms with Crippen molar-refractivity contribution in [2.45, 2.75) is 0 Å². The van der Waals surface area contributed by atoms with Gasteiger partial charge in [-0.05, 0) is 0 Å². The van der Waals surface area contributed by atoms with Crippen molar-refractivity contribution in [2.75, 3.05) is 169 Å². The third-order valence-electron chi connectivity index (χ3n) is 0. The largest absolute Gasteiger partial charge is 2.00 e. The van der Waals surface area contributed by atoms with Gasteiger partial charge < -0.3 is 91.8 Å². The Morgan fingerprint density at radius 2 is 0.159 bits per heavy atom. The van der Waals surface area contributed by atoms with Crippen molar-refractivity contribution in [2.24, 2.45) is 0 Å². The molecule has 33 heteroatoms. The second kappa shape index (κ2) is 132. The van der Waals surface area contributed by atoms with Gasteiger partial charge in [-0.25, -0.2) is 0 Å². The number of quaternary nitrogens is 6. The van der Waals surface area contributed by atoms with E-state index in [1.807, 2.05) is 0 Å². The van der Waals surface area contributed by atoms with E-state index >= 15 is 0 Å². The molecule has 0 aliphatic rings. The molecule has 0 aromatic heterocycles. The zero-order valence-corrected chi connectivity index (χ0v) is 56.9. The van der Waals surface area contributed by atoms with Gasteiger partial charge in [-0.3, -0.25) is 0 Å². The molecule has 0 spiro atoms. The summed E-state index contributed by atoms with van der Waals surface area (Å²) in [6, 6.07) is 0. The second-order valence-corrected chi connectivity index (χ2v) is 19.4. The SMILES string of the molecule is C[N+](C)(C)C.C[N+](C)(C)C.C[N+](C)(C)C.C[N+](C)(C)C.C[N+](C)(C)C.C[N+](C)(C)C.[Co+2].[Co+2].[Co+2].[N-]=C=S.[N-]=C=S.[N-]=C=S.[N-]=C=S.[N-]=C=S.[N-]=C=S.[N-]=C=S.[N-]=C=S.[N-]=C=S.[N-]=C=S.[N-]=C=S.[N-]=C=S. The predicted molar refractivity (Wildman–Crippen MR) is 335 cm³/mol. The Morgan fingerprint density at radius 3 is 0.159 bits per heavy atom. The van der Waals surface area contributed by atoms with Gasteiger partial charge >= 0.3 is 50.3 Å². The molecule has 69 heavy (non-hydrogen) atoms. The summed E-state index contributed by atoms with van der Waals surface area (Å²) in [5.41, 5.74) is 0. The molecule has 0 unspecified atom stereocenters. The van der Waals surface area contributed by atoms with Gasteiger partial charge in [0.05, 0.1) is 169 Å². The molecule has 0 N–H and O–H groups in total. The summed E-state index contributed by atoms with van der Waals surface area (Å²) >= 11 is 44.4. The average molecular weight is 1320 g/mol. The average Bonchev–Trinajstić information content (AvgIpc) is 2.97. The fraction of sp³-hybridized carbons (Fsp3) is 0.667. The normalized spacial score (nSPS) is 6.61. The van der Waals surface area contributed by atoms with Crippen LogP contribution in [0.15, 0.2) is 0 Å². The van der Waals surface area contributed by atoms with E-state index in [0.29, 0.717) is 0 Å². The summed E-state index contributed by atoms with van der Waals surface area (Å²) < 4.78 is 6.00. The predicted octanol–water partition coefficient (Wildman–Crippen LogP) is 9.83. The van der Waals surface area contributed by atoms with E-state index in [1.165, 1.54) is 61.9 Å². The number of nitrogens with zero attached hydrogens (tertiary/aromatic N) is 18. The Labute approximate surface area is 514 Å². The van der Waals surface area contributed by atoms with E-state index in [1.54, 1.807) is 0 Å². The van der Waals surface area contributed by atoms with Crippen LogP contribution in [0, 0.1) is 0 Å². The maximum Gasteiger partial charge on any atom is 2.00 e. The summed E-state index contributed by atoms with van der Waals surface area (Å²) in [5, 5.41) is 102. The molecule has 0 amide bonds. The number of rotatable bonds is 0. The quantitative estimate of drug-likeness (QED) is 0.125. The van der Waals surface area contributed by atoms with Crippen molar-refractivity contribution in [1.82, 2.24) is 0 Å². The molecule has 0 aromatic rings. The summed E-state index contributed by atoms with van der Waals surface area (Å²) in [5.74, 6) is 0. The molecular formula is C36H72Co3N18S12. The zero-order valence-electron chi connectivity index (χ0n) is 43.9. The number of hydrogen-bond donors (Lipinski definition) is 0. The van der Waals surface area contributed by atoms with E-state index in [0.717, 1.165) is 26.9 Å². The monoisotopic (exact) mass is 1320 g/mol. The molecule has 3 radical (unpaired) electrons. The van der Waals surface area contributed by atoms with Gasteiger partial charge in [-0.1, -0.05) is 147 Å². The van der Waals surface area contributed by atoms with Gasteiger partial charge in [0.2, 0.25) is 0 Å². The molecular weight excluding hydrogens is 1250 g/mol. The van der Waals surface area contributed by atoms with Crippen molar-refractivity contribution in [3.63, 3.8) is 0 Å². The van der Waals surface area contributed by atoms with Crippen LogP contribution in [0.1, 0.15) is 0 Å². The molecule has 0 bridgehead atoms. The number of hydrogen-bond acceptors (Lipinski definition) is 12. The maximum absolute atomic E-state index is 7.13. The molecule has 0 saturated heterocycles. The van der Waals surface area contributed by atoms with Crippen LogP contribution in [-0.4, -0.2) is 258 Å². The van der Waals surface area contributed by atoms with Crippen molar-refractivity contribution in [1.29, 1.82) is 0 Å². The summed E-state index contributed by atoms with van der Waals surface area (Å²) in [6.07, 6.45) is 0. The molecule has 0 atom stereocenters. The molecule has 0 aliphatic heterocycles. The molecule has 0 fully saturated rings. The van der Waals surface area contributed by atoms with Crippen LogP contribution in [0.4, 0.5) is 0 Å². The topological polar surface area (TPSA) is 268 Å². The van der Waals surface area contributed by atoms with Crippen molar-refractivity contribution in [3.8, 4) is 0 Å². The standard InChI is InChI=1S/6C4H12N.12CNS.3Co/c6*1-5(2,3)4;12*2-1-3;;;/h6*1-4H3;;;;;;;;;;;;;;;/q6*+1;12*-1;3*+2. The maximum atomic E-state index is 7.13. The van der Waals surface area contributed by atoms with E-state index in [4.69, 9.17) is 64.9 Å². The summed E-state index contributed by atoms with van der Waals surface area (Å²) in [4.78, 5) is 0. The van der Waals surface area contributed by atoms with Crippen molar-refractivity contribution < 1.29 is 77.2 Å². The Bertz CT molecular complexity index is 1010. The van der Waals surface area contributed by atoms with E-state index in [2.05, 4.69) is 316 Å². The first-order chi connectivity index (χ1) is 29.0. The van der Waals surface area contributed by atoms with Crippen LogP contribution in [0.5, 0.6) is 0 Å². The van der Waals surface area contributed by atoms with Crippen LogP contribution in [0.2, 0.25) is 0 Å². The Morgan fingerprint density at radius 1 is 0.159 bits per heavy atom. The van der Waals surface area contributed by atoms with E-state index < -0.39 is 0 Å². The summed E-state index contributed by atoms with van der Waals surface area (Å²) in [6.45, 7) is 0. The fourth-order valence-corrected chi connectivity index (χ4v) is 0. The molecule has 0 aromatic carbocycles. The third-order valence-corrected chi connectivity index (χ3v) is 0. The van der Waals surface area contributed by atoms with Crippen LogP contribution in [0.3, 0.4) is 0 Å². The second-order valence-electron chi connectivity index (χ2n) is 17.2. The van der Waals surface area contributed by atoms with Crippen molar-refractivity contribution >= 4 is 209 Å². The van der Waals surface area contributed by atoms with Gasteiger partial charge in [0.1, 0.15) is 0 Å². The fourth-order valence-electron chi connectivity index (χ4n) is 0. The zero-order chi connectivity index (χ0) is 59.5. The first kappa shape index (κ1) is 138. The molecule has 0 aliphatic carbocycles. The molecule has 0 heterocycles. The number of isothiocyanates is 12. The first-order valence-electron chi connectivity index (χ1n) is 15.9. The van der Waals surface area contributed by atoms with Gasteiger partial charge in [-0.2, -0.15) is 61.9 Å². The Kier molecular flexibility index (Phi) is 264. The van der Waals surface area contributed by atoms with E-state index in [9.17, 15) is 0 Å². The molecule has 18 nitrogen and oxygen atoms in total. The van der Waals surface area contributed by atoms with Crippen LogP contribution in [-0.2, 0) is 50.3 Å². The third kappa shape index (κ3) is 224000. The molecule has 0 saturated carbocycles. The van der Waals surface area contributed by atoms with Crippen LogP contribution in [0.25, 0.3) is 64.9 Å². The minimum absolute atomic E-state index is 0.